The van der Waals surface area contributed by atoms with Crippen molar-refractivity contribution >= 4 is 5.91 Å². The van der Waals surface area contributed by atoms with Gasteiger partial charge in [0.05, 0.1) is 6.20 Å². The van der Waals surface area contributed by atoms with Crippen LogP contribution in [-0.2, 0) is 0 Å². The molecule has 1 N–H and O–H groups in total. The molecule has 0 spiro atoms. The fourth-order valence-corrected chi connectivity index (χ4v) is 4.49. The van der Waals surface area contributed by atoms with Gasteiger partial charge in [-0.3, -0.25) is 4.79 Å². The van der Waals surface area contributed by atoms with E-state index in [0.29, 0.717) is 17.5 Å². The molecule has 1 saturated heterocycles. The van der Waals surface area contributed by atoms with Gasteiger partial charge in [-0.2, -0.15) is 0 Å². The molecule has 5 heteroatoms. The molecule has 2 heterocycles. The first-order chi connectivity index (χ1) is 13.3. The number of nitrogens with one attached hydrogen (secondary N) is 1. The van der Waals surface area contributed by atoms with E-state index in [0.717, 1.165) is 24.3 Å². The van der Waals surface area contributed by atoms with Crippen LogP contribution in [0.4, 0.5) is 0 Å². The van der Waals surface area contributed by atoms with Crippen LogP contribution in [0.3, 0.4) is 0 Å². The Morgan fingerprint density at radius 1 is 1.07 bits per heavy atom. The van der Waals surface area contributed by atoms with Crippen molar-refractivity contribution in [1.29, 1.82) is 0 Å². The molecule has 2 fully saturated rings. The summed E-state index contributed by atoms with van der Waals surface area (Å²) in [6, 6.07) is 7.87. The topological polar surface area (TPSA) is 58.4 Å². The average molecular weight is 367 g/mol. The summed E-state index contributed by atoms with van der Waals surface area (Å²) in [5, 5.41) is 3.33. The summed E-state index contributed by atoms with van der Waals surface area (Å²) in [5.74, 6) is 1.33. The first-order valence-corrected chi connectivity index (χ1v) is 10.3. The predicted molar refractivity (Wildman–Crippen MR) is 105 cm³/mol. The first-order valence-electron chi connectivity index (χ1n) is 10.3. The van der Waals surface area contributed by atoms with Crippen LogP contribution in [0.25, 0.3) is 11.3 Å². The fraction of sp³-hybridized carbons (Fsp3) is 0.545. The van der Waals surface area contributed by atoms with Gasteiger partial charge in [-0.1, -0.05) is 31.4 Å². The van der Waals surface area contributed by atoms with Crippen LogP contribution < -0.4 is 5.32 Å². The molecule has 2 aromatic rings. The lowest BCUT2D eigenvalue weighted by atomic mass is 9.83. The second-order valence-electron chi connectivity index (χ2n) is 7.93. The van der Waals surface area contributed by atoms with Crippen LogP contribution in [-0.4, -0.2) is 41.5 Å². The molecule has 4 rings (SSSR count). The van der Waals surface area contributed by atoms with E-state index in [9.17, 15) is 4.79 Å². The molecule has 1 aromatic heterocycles. The zero-order valence-corrected chi connectivity index (χ0v) is 15.9. The van der Waals surface area contributed by atoms with Crippen LogP contribution in [0.1, 0.15) is 55.3 Å². The molecule has 144 valence electrons. The minimum atomic E-state index is 0.0367. The third kappa shape index (κ3) is 4.59. The molecule has 2 atom stereocenters. The molecule has 27 heavy (non-hydrogen) atoms. The van der Waals surface area contributed by atoms with Gasteiger partial charge in [0.15, 0.2) is 12.2 Å². The number of piperidine rings is 1. The third-order valence-corrected chi connectivity index (χ3v) is 6.03. The zero-order valence-electron chi connectivity index (χ0n) is 15.9. The normalized spacial score (nSPS) is 23.9. The van der Waals surface area contributed by atoms with Crippen LogP contribution in [0.2, 0.25) is 0 Å². The lowest BCUT2D eigenvalue weighted by Crippen LogP contribution is -2.47. The highest BCUT2D eigenvalue weighted by molar-refractivity contribution is 5.94. The SMILES string of the molecule is O=C(NC1CCCC[C@H]1CN1CCCCC1)c1ccc(-c2cnco2)cc1. The molecule has 1 saturated carbocycles. The highest BCUT2D eigenvalue weighted by atomic mass is 16.3. The molecule has 1 unspecified atom stereocenters. The number of carbonyl (C=O) groups excluding carboxylic acids is 1. The van der Waals surface area contributed by atoms with E-state index in [4.69, 9.17) is 4.42 Å². The molecule has 2 aliphatic rings. The smallest absolute Gasteiger partial charge is 0.251 e. The standard InChI is InChI=1S/C22H29N3O2/c26-22(18-10-8-17(9-11-18)21-14-23-16-27-21)24-20-7-3-2-6-19(20)15-25-12-4-1-5-13-25/h8-11,14,16,19-20H,1-7,12-13,15H2,(H,24,26)/t19-,20?/m0/s1. The number of carbonyl (C=O) groups is 1. The highest BCUT2D eigenvalue weighted by Gasteiger charge is 2.28. The van der Waals surface area contributed by atoms with E-state index < -0.39 is 0 Å². The monoisotopic (exact) mass is 367 g/mol. The van der Waals surface area contributed by atoms with Gasteiger partial charge in [-0.15, -0.1) is 0 Å². The molecule has 5 nitrogen and oxygen atoms in total. The van der Waals surface area contributed by atoms with E-state index in [1.54, 1.807) is 6.20 Å². The van der Waals surface area contributed by atoms with Crippen LogP contribution in [0.5, 0.6) is 0 Å². The van der Waals surface area contributed by atoms with Gasteiger partial charge in [0, 0.05) is 23.7 Å². The number of aromatic nitrogens is 1. The van der Waals surface area contributed by atoms with Gasteiger partial charge < -0.3 is 14.6 Å². The van der Waals surface area contributed by atoms with Crippen LogP contribution in [0.15, 0.2) is 41.3 Å². The summed E-state index contributed by atoms with van der Waals surface area (Å²) in [6.07, 6.45) is 11.9. The Morgan fingerprint density at radius 3 is 2.59 bits per heavy atom. The Bertz CT molecular complexity index is 721. The zero-order chi connectivity index (χ0) is 18.5. The summed E-state index contributed by atoms with van der Waals surface area (Å²) in [5.41, 5.74) is 1.64. The van der Waals surface area contributed by atoms with Crippen molar-refractivity contribution in [3.63, 3.8) is 0 Å². The number of oxazole rings is 1. The average Bonchev–Trinajstić information content (AvgIpc) is 3.25. The highest BCUT2D eigenvalue weighted by Crippen LogP contribution is 2.27. The first kappa shape index (κ1) is 18.2. The maximum Gasteiger partial charge on any atom is 0.251 e. The molecule has 1 aliphatic heterocycles. The Balaban J connectivity index is 1.37. The van der Waals surface area contributed by atoms with Crippen molar-refractivity contribution in [2.45, 2.75) is 51.0 Å². The molecule has 1 amide bonds. The van der Waals surface area contributed by atoms with Gasteiger partial charge in [0.1, 0.15) is 0 Å². The molecule has 1 aliphatic carbocycles. The number of hydrogen-bond donors (Lipinski definition) is 1. The van der Waals surface area contributed by atoms with Crippen molar-refractivity contribution in [2.75, 3.05) is 19.6 Å². The minimum absolute atomic E-state index is 0.0367. The second-order valence-corrected chi connectivity index (χ2v) is 7.93. The Hall–Kier alpha value is -2.14. The van der Waals surface area contributed by atoms with E-state index in [-0.39, 0.29) is 5.91 Å². The Morgan fingerprint density at radius 2 is 1.85 bits per heavy atom. The molecule has 0 bridgehead atoms. The van der Waals surface area contributed by atoms with Gasteiger partial charge in [0.2, 0.25) is 0 Å². The minimum Gasteiger partial charge on any atom is -0.444 e. The molecular formula is C22H29N3O2. The number of benzene rings is 1. The molecule has 0 radical (unpaired) electrons. The summed E-state index contributed by atoms with van der Waals surface area (Å²) in [7, 11) is 0. The van der Waals surface area contributed by atoms with Crippen LogP contribution >= 0.6 is 0 Å². The van der Waals surface area contributed by atoms with E-state index in [1.807, 2.05) is 24.3 Å². The van der Waals surface area contributed by atoms with Gasteiger partial charge in [-0.05, 0) is 56.8 Å². The molecular weight excluding hydrogens is 338 g/mol. The summed E-state index contributed by atoms with van der Waals surface area (Å²) in [6.45, 7) is 3.58. The van der Waals surface area contributed by atoms with Crippen molar-refractivity contribution < 1.29 is 9.21 Å². The summed E-state index contributed by atoms with van der Waals surface area (Å²) >= 11 is 0. The van der Waals surface area contributed by atoms with Crippen LogP contribution in [0, 0.1) is 5.92 Å². The molecule has 1 aromatic carbocycles. The largest absolute Gasteiger partial charge is 0.444 e. The predicted octanol–water partition coefficient (Wildman–Crippen LogP) is 4.12. The second kappa shape index (κ2) is 8.70. The lowest BCUT2D eigenvalue weighted by molar-refractivity contribution is 0.0877. The maximum atomic E-state index is 12.8. The van der Waals surface area contributed by atoms with E-state index >= 15 is 0 Å². The van der Waals surface area contributed by atoms with Crippen molar-refractivity contribution in [3.05, 3.63) is 42.4 Å². The van der Waals surface area contributed by atoms with Crippen molar-refractivity contribution in [2.24, 2.45) is 5.92 Å². The third-order valence-electron chi connectivity index (χ3n) is 6.03. The number of amides is 1. The Kier molecular flexibility index (Phi) is 5.87. The quantitative estimate of drug-likeness (QED) is 0.864. The maximum absolute atomic E-state index is 12.8. The number of nitrogens with zero attached hydrogens (tertiary/aromatic N) is 2. The van der Waals surface area contributed by atoms with Gasteiger partial charge in [0.25, 0.3) is 5.91 Å². The fourth-order valence-electron chi connectivity index (χ4n) is 4.49. The Labute approximate surface area is 161 Å². The van der Waals surface area contributed by atoms with Crippen molar-refractivity contribution in [1.82, 2.24) is 15.2 Å². The number of hydrogen-bond acceptors (Lipinski definition) is 4. The number of likely N-dealkylation sites (tertiary alicyclic amines) is 1. The summed E-state index contributed by atoms with van der Waals surface area (Å²) < 4.78 is 5.31. The van der Waals surface area contributed by atoms with E-state index in [2.05, 4.69) is 15.2 Å². The van der Waals surface area contributed by atoms with Crippen molar-refractivity contribution in [3.8, 4) is 11.3 Å². The van der Waals surface area contributed by atoms with E-state index in [1.165, 1.54) is 58.0 Å². The number of rotatable bonds is 5. The van der Waals surface area contributed by atoms with Gasteiger partial charge >= 0.3 is 0 Å². The summed E-state index contributed by atoms with van der Waals surface area (Å²) in [4.78, 5) is 19.3. The van der Waals surface area contributed by atoms with Gasteiger partial charge in [-0.25, -0.2) is 4.98 Å². The lowest BCUT2D eigenvalue weighted by Gasteiger charge is -2.37.